The van der Waals surface area contributed by atoms with Crippen LogP contribution in [-0.4, -0.2) is 72.7 Å². The molecule has 3 heterocycles. The summed E-state index contributed by atoms with van der Waals surface area (Å²) in [7, 11) is 1.81. The molecule has 0 aliphatic carbocycles. The third-order valence-electron chi connectivity index (χ3n) is 6.99. The van der Waals surface area contributed by atoms with Gasteiger partial charge in [0.25, 0.3) is 5.91 Å². The number of carbonyl (C=O) groups is 2. The maximum Gasteiger partial charge on any atom is 0.319 e. The van der Waals surface area contributed by atoms with E-state index in [0.29, 0.717) is 43.5 Å². The lowest BCUT2D eigenvalue weighted by Crippen LogP contribution is -2.47. The second-order valence-electron chi connectivity index (χ2n) is 11.1. The van der Waals surface area contributed by atoms with Crippen LogP contribution in [0.2, 0.25) is 0 Å². The third kappa shape index (κ3) is 6.57. The van der Waals surface area contributed by atoms with Gasteiger partial charge in [-0.05, 0) is 55.4 Å². The van der Waals surface area contributed by atoms with Gasteiger partial charge in [-0.2, -0.15) is 0 Å². The van der Waals surface area contributed by atoms with E-state index < -0.39 is 0 Å². The summed E-state index contributed by atoms with van der Waals surface area (Å²) in [5.74, 6) is 1.28. The first-order valence-electron chi connectivity index (χ1n) is 13.3. The highest BCUT2D eigenvalue weighted by Gasteiger charge is 2.32. The van der Waals surface area contributed by atoms with E-state index in [1.165, 1.54) is 0 Å². The molecular formula is C28H40N6O3. The number of carbonyl (C=O) groups excluding carboxylic acids is 2. The van der Waals surface area contributed by atoms with Gasteiger partial charge in [-0.1, -0.05) is 27.7 Å². The summed E-state index contributed by atoms with van der Waals surface area (Å²) in [5.41, 5.74) is 3.14. The van der Waals surface area contributed by atoms with Gasteiger partial charge in [-0.3, -0.25) is 4.79 Å². The molecule has 1 fully saturated rings. The quantitative estimate of drug-likeness (QED) is 0.540. The van der Waals surface area contributed by atoms with Crippen molar-refractivity contribution in [3.8, 4) is 11.4 Å². The zero-order chi connectivity index (χ0) is 26.6. The minimum atomic E-state index is -0.222. The predicted molar refractivity (Wildman–Crippen MR) is 146 cm³/mol. The molecule has 9 heteroatoms. The molecule has 1 aromatic carbocycles. The lowest BCUT2D eigenvalue weighted by Gasteiger charge is -2.38. The van der Waals surface area contributed by atoms with Crippen LogP contribution in [0, 0.1) is 5.41 Å². The fourth-order valence-electron chi connectivity index (χ4n) is 4.78. The zero-order valence-corrected chi connectivity index (χ0v) is 22.8. The highest BCUT2D eigenvalue weighted by Crippen LogP contribution is 2.32. The van der Waals surface area contributed by atoms with Crippen LogP contribution in [0.3, 0.4) is 0 Å². The Labute approximate surface area is 220 Å². The number of rotatable bonds is 7. The number of fused-ring (bicyclic) bond motifs is 1. The van der Waals surface area contributed by atoms with Crippen LogP contribution >= 0.6 is 0 Å². The number of ether oxygens (including phenoxy) is 1. The van der Waals surface area contributed by atoms with Gasteiger partial charge >= 0.3 is 6.03 Å². The standard InChI is InChI=1S/C28H40N6O3/c1-6-21-18-37-17-16-34(21)25-22-12-15-33(5)26(35)23(22)31-24(32-25)19-8-10-20(11-9-19)30-27(36)29-14-7-13-28(2,3)4/h8-11,21H,6-7,12-18H2,1-5H3,(H2,29,30,36). The van der Waals surface area contributed by atoms with Crippen LogP contribution in [0.5, 0.6) is 0 Å². The Kier molecular flexibility index (Phi) is 8.32. The van der Waals surface area contributed by atoms with Crippen molar-refractivity contribution < 1.29 is 14.3 Å². The second kappa shape index (κ2) is 11.5. The van der Waals surface area contributed by atoms with Crippen molar-refractivity contribution in [3.63, 3.8) is 0 Å². The first kappa shape index (κ1) is 26.9. The predicted octanol–water partition coefficient (Wildman–Crippen LogP) is 4.33. The lowest BCUT2D eigenvalue weighted by molar-refractivity contribution is 0.0772. The van der Waals surface area contributed by atoms with E-state index in [9.17, 15) is 9.59 Å². The van der Waals surface area contributed by atoms with Gasteiger partial charge in [0.05, 0.1) is 19.3 Å². The molecule has 2 N–H and O–H groups in total. The van der Waals surface area contributed by atoms with Crippen molar-refractivity contribution in [2.75, 3.05) is 50.1 Å². The van der Waals surface area contributed by atoms with E-state index in [-0.39, 0.29) is 23.4 Å². The maximum absolute atomic E-state index is 13.1. The summed E-state index contributed by atoms with van der Waals surface area (Å²) in [6.07, 6.45) is 3.64. The number of likely N-dealkylation sites (N-methyl/N-ethyl adjacent to an activating group) is 1. The number of aromatic nitrogens is 2. The number of anilines is 2. The molecule has 2 aromatic rings. The van der Waals surface area contributed by atoms with Crippen LogP contribution in [-0.2, 0) is 11.2 Å². The van der Waals surface area contributed by atoms with Gasteiger partial charge in [0.2, 0.25) is 0 Å². The van der Waals surface area contributed by atoms with Crippen molar-refractivity contribution in [3.05, 3.63) is 35.5 Å². The van der Waals surface area contributed by atoms with Gasteiger partial charge < -0.3 is 25.2 Å². The summed E-state index contributed by atoms with van der Waals surface area (Å²) < 4.78 is 5.71. The molecule has 1 aromatic heterocycles. The summed E-state index contributed by atoms with van der Waals surface area (Å²) in [4.78, 5) is 39.1. The van der Waals surface area contributed by atoms with E-state index in [1.54, 1.807) is 4.90 Å². The van der Waals surface area contributed by atoms with E-state index in [1.807, 2.05) is 31.3 Å². The molecule has 1 saturated heterocycles. The Morgan fingerprint density at radius 2 is 1.92 bits per heavy atom. The number of hydrogen-bond donors (Lipinski definition) is 2. The Balaban J connectivity index is 1.54. The molecule has 0 bridgehead atoms. The van der Waals surface area contributed by atoms with E-state index in [2.05, 4.69) is 43.2 Å². The molecule has 0 saturated carbocycles. The number of urea groups is 1. The minimum Gasteiger partial charge on any atom is -0.377 e. The number of morpholine rings is 1. The van der Waals surface area contributed by atoms with E-state index >= 15 is 0 Å². The monoisotopic (exact) mass is 508 g/mol. The molecular weight excluding hydrogens is 468 g/mol. The fourth-order valence-corrected chi connectivity index (χ4v) is 4.78. The molecule has 37 heavy (non-hydrogen) atoms. The Morgan fingerprint density at radius 1 is 1.16 bits per heavy atom. The molecule has 3 amide bonds. The number of nitrogens with zero attached hydrogens (tertiary/aromatic N) is 4. The second-order valence-corrected chi connectivity index (χ2v) is 11.1. The average Bonchev–Trinajstić information content (AvgIpc) is 2.88. The van der Waals surface area contributed by atoms with Crippen LogP contribution in [0.4, 0.5) is 16.3 Å². The minimum absolute atomic E-state index is 0.0751. The molecule has 2 aliphatic heterocycles. The van der Waals surface area contributed by atoms with E-state index in [0.717, 1.165) is 49.2 Å². The molecule has 0 spiro atoms. The zero-order valence-electron chi connectivity index (χ0n) is 22.8. The number of nitrogens with one attached hydrogen (secondary N) is 2. The number of amides is 3. The molecule has 1 unspecified atom stereocenters. The summed E-state index contributed by atoms with van der Waals surface area (Å²) >= 11 is 0. The molecule has 200 valence electrons. The van der Waals surface area contributed by atoms with Gasteiger partial charge in [0, 0.05) is 43.5 Å². The van der Waals surface area contributed by atoms with Crippen LogP contribution in [0.25, 0.3) is 11.4 Å². The Bertz CT molecular complexity index is 1110. The summed E-state index contributed by atoms with van der Waals surface area (Å²) in [5, 5.41) is 5.80. The number of benzene rings is 1. The van der Waals surface area contributed by atoms with Crippen molar-refractivity contribution in [2.45, 2.75) is 59.4 Å². The van der Waals surface area contributed by atoms with Crippen molar-refractivity contribution >= 4 is 23.4 Å². The smallest absolute Gasteiger partial charge is 0.319 e. The summed E-state index contributed by atoms with van der Waals surface area (Å²) in [6.45, 7) is 12.0. The van der Waals surface area contributed by atoms with Gasteiger partial charge in [-0.15, -0.1) is 0 Å². The molecule has 2 aliphatic rings. The van der Waals surface area contributed by atoms with Crippen LogP contribution in [0.1, 0.15) is 63.0 Å². The van der Waals surface area contributed by atoms with Crippen LogP contribution in [0.15, 0.2) is 24.3 Å². The highest BCUT2D eigenvalue weighted by molar-refractivity contribution is 5.96. The first-order chi connectivity index (χ1) is 17.7. The van der Waals surface area contributed by atoms with Gasteiger partial charge in [-0.25, -0.2) is 14.8 Å². The summed E-state index contributed by atoms with van der Waals surface area (Å²) in [6, 6.07) is 7.43. The maximum atomic E-state index is 13.1. The lowest BCUT2D eigenvalue weighted by atomic mass is 9.91. The fraction of sp³-hybridized carbons (Fsp3) is 0.571. The third-order valence-corrected chi connectivity index (χ3v) is 6.99. The van der Waals surface area contributed by atoms with Crippen molar-refractivity contribution in [1.29, 1.82) is 0 Å². The molecule has 1 atom stereocenters. The van der Waals surface area contributed by atoms with Gasteiger partial charge in [0.1, 0.15) is 11.5 Å². The molecule has 9 nitrogen and oxygen atoms in total. The van der Waals surface area contributed by atoms with Gasteiger partial charge in [0.15, 0.2) is 5.82 Å². The first-order valence-corrected chi connectivity index (χ1v) is 13.3. The Hall–Kier alpha value is -3.20. The van der Waals surface area contributed by atoms with E-state index in [4.69, 9.17) is 14.7 Å². The normalized spacial score (nSPS) is 18.0. The topological polar surface area (TPSA) is 99.7 Å². The van der Waals surface area contributed by atoms with Crippen molar-refractivity contribution in [2.24, 2.45) is 5.41 Å². The highest BCUT2D eigenvalue weighted by atomic mass is 16.5. The van der Waals surface area contributed by atoms with Crippen molar-refractivity contribution in [1.82, 2.24) is 20.2 Å². The largest absolute Gasteiger partial charge is 0.377 e. The SMILES string of the molecule is CCC1COCCN1c1nc(-c2ccc(NC(=O)NCCCC(C)(C)C)cc2)nc2c1CCN(C)C2=O. The Morgan fingerprint density at radius 3 is 2.62 bits per heavy atom. The van der Waals surface area contributed by atoms with Crippen LogP contribution < -0.4 is 15.5 Å². The molecule has 4 rings (SSSR count). The average molecular weight is 509 g/mol. The molecule has 0 radical (unpaired) electrons. The number of hydrogen-bond acceptors (Lipinski definition) is 6.